The fraction of sp³-hybridized carbons (Fsp3) is 0.560. The fourth-order valence-corrected chi connectivity index (χ4v) is 6.73. The lowest BCUT2D eigenvalue weighted by Gasteiger charge is -2.42. The van der Waals surface area contributed by atoms with Crippen molar-refractivity contribution in [2.75, 3.05) is 59.8 Å². The highest BCUT2D eigenvalue weighted by Gasteiger charge is 2.59. The van der Waals surface area contributed by atoms with Crippen LogP contribution in [0.25, 0.3) is 11.3 Å². The Hall–Kier alpha value is -2.14. The van der Waals surface area contributed by atoms with Gasteiger partial charge in [0.1, 0.15) is 5.82 Å². The van der Waals surface area contributed by atoms with Crippen LogP contribution in [0.5, 0.6) is 0 Å². The largest absolute Gasteiger partial charge is 0.354 e. The molecule has 0 bridgehead atoms. The molecule has 2 saturated carbocycles. The van der Waals surface area contributed by atoms with Gasteiger partial charge in [0, 0.05) is 64.2 Å². The van der Waals surface area contributed by atoms with E-state index in [2.05, 4.69) is 21.9 Å². The first kappa shape index (κ1) is 23.3. The monoisotopic (exact) mass is 505 g/mol. The first-order valence-corrected chi connectivity index (χ1v) is 13.9. The number of rotatable bonds is 6. The molecule has 10 heteroatoms. The van der Waals surface area contributed by atoms with Gasteiger partial charge in [0.05, 0.1) is 17.1 Å². The number of anilines is 3. The van der Waals surface area contributed by atoms with Gasteiger partial charge in [-0.2, -0.15) is 0 Å². The molecule has 0 amide bonds. The lowest BCUT2D eigenvalue weighted by atomic mass is 10.0. The highest BCUT2D eigenvalue weighted by Crippen LogP contribution is 2.63. The van der Waals surface area contributed by atoms with Gasteiger partial charge in [-0.15, -0.1) is 0 Å². The minimum atomic E-state index is -3.37. The Balaban J connectivity index is 1.24. The van der Waals surface area contributed by atoms with E-state index < -0.39 is 22.8 Å². The van der Waals surface area contributed by atoms with E-state index in [1.807, 2.05) is 19.1 Å². The smallest absolute Gasteiger partial charge is 0.253 e. The van der Waals surface area contributed by atoms with Gasteiger partial charge in [-0.1, -0.05) is 12.1 Å². The third-order valence-corrected chi connectivity index (χ3v) is 9.72. The van der Waals surface area contributed by atoms with Crippen LogP contribution in [0.1, 0.15) is 24.8 Å². The number of piperazine rings is 1. The normalized spacial score (nSPS) is 26.1. The zero-order valence-corrected chi connectivity index (χ0v) is 21.0. The van der Waals surface area contributed by atoms with Gasteiger partial charge in [-0.25, -0.2) is 13.8 Å². The van der Waals surface area contributed by atoms with Crippen molar-refractivity contribution in [1.82, 2.24) is 9.88 Å². The first-order chi connectivity index (χ1) is 16.6. The van der Waals surface area contributed by atoms with Crippen LogP contribution in [0.15, 0.2) is 30.3 Å². The molecule has 2 aliphatic carbocycles. The Morgan fingerprint density at radius 1 is 1.03 bits per heavy atom. The van der Waals surface area contributed by atoms with Crippen molar-refractivity contribution in [1.29, 1.82) is 0 Å². The van der Waals surface area contributed by atoms with Crippen molar-refractivity contribution >= 4 is 28.2 Å². The zero-order valence-electron chi connectivity index (χ0n) is 20.2. The summed E-state index contributed by atoms with van der Waals surface area (Å²) in [5.74, 6) is -1.72. The Morgan fingerprint density at radius 2 is 1.74 bits per heavy atom. The van der Waals surface area contributed by atoms with Gasteiger partial charge >= 0.3 is 0 Å². The molecule has 1 unspecified atom stereocenters. The second kappa shape index (κ2) is 8.19. The Labute approximate surface area is 207 Å². The number of alkyl halides is 2. The van der Waals surface area contributed by atoms with Gasteiger partial charge < -0.3 is 4.90 Å². The molecule has 1 aromatic heterocycles. The van der Waals surface area contributed by atoms with Gasteiger partial charge in [0.2, 0.25) is 0 Å². The van der Waals surface area contributed by atoms with Crippen molar-refractivity contribution in [3.8, 4) is 11.3 Å². The molecule has 4 aliphatic rings. The molecule has 6 rings (SSSR count). The molecule has 7 nitrogen and oxygen atoms in total. The summed E-state index contributed by atoms with van der Waals surface area (Å²) < 4.78 is 51.5. The van der Waals surface area contributed by atoms with E-state index in [4.69, 9.17) is 4.98 Å². The number of hydrogen-bond donors (Lipinski definition) is 2. The summed E-state index contributed by atoms with van der Waals surface area (Å²) in [6.07, 6.45) is 2.54. The Kier molecular flexibility index (Phi) is 5.45. The molecule has 0 radical (unpaired) electrons. The van der Waals surface area contributed by atoms with E-state index in [-0.39, 0.29) is 13.0 Å². The highest BCUT2D eigenvalue weighted by molar-refractivity contribution is 8.26. The van der Waals surface area contributed by atoms with Gasteiger partial charge in [-0.3, -0.25) is 22.6 Å². The number of aromatic nitrogens is 1. The third kappa shape index (κ3) is 4.24. The number of pyridine rings is 1. The molecule has 3 fully saturated rings. The maximum absolute atomic E-state index is 13.6. The van der Waals surface area contributed by atoms with E-state index in [0.29, 0.717) is 11.4 Å². The lowest BCUT2D eigenvalue weighted by Crippen LogP contribution is -2.47. The molecular weight excluding hydrogens is 472 g/mol. The molecule has 3 heterocycles. The van der Waals surface area contributed by atoms with Crippen molar-refractivity contribution < 1.29 is 17.9 Å². The zero-order chi connectivity index (χ0) is 24.5. The minimum Gasteiger partial charge on any atom is -0.354 e. The van der Waals surface area contributed by atoms with Crippen LogP contribution in [0, 0.1) is 18.8 Å². The lowest BCUT2D eigenvalue weighted by molar-refractivity contribution is 0.101. The summed E-state index contributed by atoms with van der Waals surface area (Å²) in [7, 11) is -1.78. The molecule has 190 valence electrons. The number of hydrogen-bond acceptors (Lipinski definition) is 7. The van der Waals surface area contributed by atoms with Gasteiger partial charge in [0.15, 0.2) is 0 Å². The van der Waals surface area contributed by atoms with Crippen molar-refractivity contribution in [2.24, 2.45) is 11.8 Å². The van der Waals surface area contributed by atoms with Crippen LogP contribution in [0.2, 0.25) is 0 Å². The number of halogens is 2. The highest BCUT2D eigenvalue weighted by atomic mass is 32.3. The van der Waals surface area contributed by atoms with Crippen LogP contribution < -0.4 is 13.5 Å². The van der Waals surface area contributed by atoms with Gasteiger partial charge in [-0.05, 0) is 60.4 Å². The molecule has 0 spiro atoms. The van der Waals surface area contributed by atoms with E-state index in [0.717, 1.165) is 54.7 Å². The average Bonchev–Trinajstić information content (AvgIpc) is 3.74. The van der Waals surface area contributed by atoms with Crippen molar-refractivity contribution in [3.05, 3.63) is 35.9 Å². The maximum Gasteiger partial charge on any atom is 0.253 e. The molecule has 1 saturated heterocycles. The van der Waals surface area contributed by atoms with Gasteiger partial charge in [0.25, 0.3) is 5.92 Å². The first-order valence-electron chi connectivity index (χ1n) is 12.4. The summed E-state index contributed by atoms with van der Waals surface area (Å²) in [5, 5.41) is 0. The summed E-state index contributed by atoms with van der Waals surface area (Å²) in [4.78, 5) is 9.90. The molecule has 2 aliphatic heterocycles. The fourth-order valence-electron chi connectivity index (χ4n) is 5.22. The minimum absolute atomic E-state index is 0.0779. The standard InChI is InChI=1S/C25H33F2N5O2S/c1-17-3-8-23(31-11-9-30(10-12-31)15-18-4-5-18)28-24(17)19-6-7-21-22(13-19)29(2)35(33,34)32(21)16-20-14-25(20,26)27/h3,6-8,13,18,20,33-34H,4-5,9-12,14-16H2,1-2H3. The summed E-state index contributed by atoms with van der Waals surface area (Å²) >= 11 is 0. The molecule has 1 aromatic carbocycles. The summed E-state index contributed by atoms with van der Waals surface area (Å²) in [6, 6.07) is 9.75. The number of nitrogens with zero attached hydrogens (tertiary/aromatic N) is 5. The van der Waals surface area contributed by atoms with Crippen LogP contribution >= 0.6 is 11.0 Å². The predicted octanol–water partition coefficient (Wildman–Crippen LogP) is 5.08. The average molecular weight is 506 g/mol. The van der Waals surface area contributed by atoms with E-state index in [9.17, 15) is 17.9 Å². The SMILES string of the molecule is Cc1ccc(N2CCN(CC3CC3)CC2)nc1-c1ccc2c(c1)N(C)S(O)(O)N2CC1CC1(F)F. The Bertz CT molecular complexity index is 1140. The molecule has 2 aromatic rings. The van der Waals surface area contributed by atoms with Crippen molar-refractivity contribution in [2.45, 2.75) is 32.1 Å². The van der Waals surface area contributed by atoms with Crippen LogP contribution in [-0.4, -0.2) is 71.2 Å². The third-order valence-electron chi connectivity index (χ3n) is 7.85. The number of aryl methyl sites for hydroxylation is 1. The van der Waals surface area contributed by atoms with Crippen molar-refractivity contribution in [3.63, 3.8) is 0 Å². The number of benzene rings is 1. The quantitative estimate of drug-likeness (QED) is 0.568. The van der Waals surface area contributed by atoms with Crippen LogP contribution in [-0.2, 0) is 0 Å². The summed E-state index contributed by atoms with van der Waals surface area (Å²) in [6.45, 7) is 7.18. The number of fused-ring (bicyclic) bond motifs is 1. The van der Waals surface area contributed by atoms with E-state index >= 15 is 0 Å². The topological polar surface area (TPSA) is 66.3 Å². The maximum atomic E-state index is 13.6. The molecular formula is C25H33F2N5O2S. The molecule has 2 N–H and O–H groups in total. The van der Waals surface area contributed by atoms with Crippen LogP contribution in [0.3, 0.4) is 0 Å². The second-order valence-corrected chi connectivity index (χ2v) is 12.4. The second-order valence-electron chi connectivity index (χ2n) is 10.5. The van der Waals surface area contributed by atoms with Crippen LogP contribution in [0.4, 0.5) is 26.0 Å². The molecule has 1 atom stereocenters. The summed E-state index contributed by atoms with van der Waals surface area (Å²) in [5.41, 5.74) is 3.94. The van der Waals surface area contributed by atoms with E-state index in [1.165, 1.54) is 28.0 Å². The molecule has 35 heavy (non-hydrogen) atoms. The van der Waals surface area contributed by atoms with E-state index in [1.54, 1.807) is 13.1 Å². The Morgan fingerprint density at radius 3 is 2.40 bits per heavy atom. The predicted molar refractivity (Wildman–Crippen MR) is 137 cm³/mol.